The fraction of sp³-hybridized carbons (Fsp3) is 0.333. The number of hydrogen-bond acceptors (Lipinski definition) is 4. The van der Waals surface area contributed by atoms with Gasteiger partial charge in [0.2, 0.25) is 0 Å². The van der Waals surface area contributed by atoms with E-state index in [0.29, 0.717) is 0 Å². The molecule has 0 saturated carbocycles. The summed E-state index contributed by atoms with van der Waals surface area (Å²) >= 11 is 0. The van der Waals surface area contributed by atoms with Crippen LogP contribution in [0.5, 0.6) is 5.75 Å². The molecule has 7 nitrogen and oxygen atoms in total. The number of carboxylic acid groups (broad SMARTS) is 1. The van der Waals surface area contributed by atoms with Crippen molar-refractivity contribution in [2.75, 3.05) is 11.9 Å². The Hall–Kier alpha value is -2.49. The summed E-state index contributed by atoms with van der Waals surface area (Å²) in [5.74, 6) is -2.86. The molecule has 0 fully saturated rings. The number of rotatable bonds is 6. The molecule has 0 aliphatic rings. The van der Waals surface area contributed by atoms with Gasteiger partial charge >= 0.3 is 18.6 Å². The number of hydrogen-bond donors (Lipinski definition) is 4. The molecule has 1 aromatic carbocycles. The summed E-state index contributed by atoms with van der Waals surface area (Å²) in [5, 5.41) is 22.1. The van der Waals surface area contributed by atoms with Gasteiger partial charge in [-0.2, -0.15) is 8.78 Å². The Kier molecular flexibility index (Phi) is 5.57. The summed E-state index contributed by atoms with van der Waals surface area (Å²) in [6.45, 7) is -2.89. The number of nitrogens with one attached hydrogen (secondary N) is 2. The number of alkyl halides is 2. The molecule has 0 aliphatic carbocycles. The van der Waals surface area contributed by atoms with Crippen molar-refractivity contribution in [3.05, 3.63) is 24.0 Å². The Labute approximate surface area is 122 Å². The van der Waals surface area contributed by atoms with Gasteiger partial charge in [0.15, 0.2) is 5.60 Å². The molecule has 1 rings (SSSR count). The third-order valence-electron chi connectivity index (χ3n) is 2.46. The minimum absolute atomic E-state index is 0.382. The third kappa shape index (κ3) is 5.13. The molecule has 22 heavy (non-hydrogen) atoms. The number of halogens is 3. The first-order valence-corrected chi connectivity index (χ1v) is 5.87. The average molecular weight is 322 g/mol. The van der Waals surface area contributed by atoms with Gasteiger partial charge in [-0.25, -0.2) is 14.0 Å². The summed E-state index contributed by atoms with van der Waals surface area (Å²) in [5.41, 5.74) is -2.60. The molecular formula is C12H13F3N2O5. The first-order chi connectivity index (χ1) is 10.1. The predicted molar refractivity (Wildman–Crippen MR) is 68.3 cm³/mol. The monoisotopic (exact) mass is 322 g/mol. The number of carbonyl (C=O) groups excluding carboxylic acids is 1. The van der Waals surface area contributed by atoms with Crippen molar-refractivity contribution < 1.29 is 37.7 Å². The highest BCUT2D eigenvalue weighted by Gasteiger charge is 2.30. The van der Waals surface area contributed by atoms with Gasteiger partial charge in [0, 0.05) is 6.07 Å². The van der Waals surface area contributed by atoms with E-state index in [4.69, 9.17) is 5.11 Å². The van der Waals surface area contributed by atoms with Crippen molar-refractivity contribution in [3.8, 4) is 5.75 Å². The Morgan fingerprint density at radius 3 is 2.59 bits per heavy atom. The Balaban J connectivity index is 2.75. The van der Waals surface area contributed by atoms with Crippen molar-refractivity contribution in [2.24, 2.45) is 0 Å². The SMILES string of the molecule is CC(O)(CNC(=O)Nc1cc(F)ccc1OC(F)F)C(=O)O. The smallest absolute Gasteiger partial charge is 0.387 e. The largest absolute Gasteiger partial charge is 0.479 e. The first-order valence-electron chi connectivity index (χ1n) is 5.87. The van der Waals surface area contributed by atoms with Crippen LogP contribution < -0.4 is 15.4 Å². The molecular weight excluding hydrogens is 309 g/mol. The highest BCUT2D eigenvalue weighted by Crippen LogP contribution is 2.26. The van der Waals surface area contributed by atoms with E-state index in [-0.39, 0.29) is 5.69 Å². The van der Waals surface area contributed by atoms with Crippen LogP contribution in [0.25, 0.3) is 0 Å². The van der Waals surface area contributed by atoms with Crippen LogP contribution >= 0.6 is 0 Å². The number of urea groups is 1. The minimum Gasteiger partial charge on any atom is -0.479 e. The molecule has 0 aromatic heterocycles. The maximum atomic E-state index is 13.1. The molecule has 2 amide bonds. The lowest BCUT2D eigenvalue weighted by Crippen LogP contribution is -2.47. The normalized spacial score (nSPS) is 13.4. The lowest BCUT2D eigenvalue weighted by atomic mass is 10.1. The van der Waals surface area contributed by atoms with E-state index in [9.17, 15) is 27.9 Å². The zero-order chi connectivity index (χ0) is 16.9. The van der Waals surface area contributed by atoms with Gasteiger partial charge in [0.25, 0.3) is 0 Å². The van der Waals surface area contributed by atoms with Gasteiger partial charge in [-0.15, -0.1) is 0 Å². The number of benzene rings is 1. The lowest BCUT2D eigenvalue weighted by Gasteiger charge is -2.19. The molecule has 0 aliphatic heterocycles. The number of carbonyl (C=O) groups is 2. The highest BCUT2D eigenvalue weighted by atomic mass is 19.3. The number of ether oxygens (including phenoxy) is 1. The van der Waals surface area contributed by atoms with E-state index < -0.39 is 42.3 Å². The van der Waals surface area contributed by atoms with Crippen LogP contribution in [0.15, 0.2) is 18.2 Å². The van der Waals surface area contributed by atoms with Gasteiger partial charge < -0.3 is 25.6 Å². The predicted octanol–water partition coefficient (Wildman–Crippen LogP) is 1.38. The van der Waals surface area contributed by atoms with Crippen LogP contribution in [0.4, 0.5) is 23.7 Å². The molecule has 4 N–H and O–H groups in total. The Bertz CT molecular complexity index is 566. The average Bonchev–Trinajstić information content (AvgIpc) is 2.39. The molecule has 10 heteroatoms. The summed E-state index contributed by atoms with van der Waals surface area (Å²) in [7, 11) is 0. The van der Waals surface area contributed by atoms with E-state index in [1.165, 1.54) is 0 Å². The maximum absolute atomic E-state index is 13.1. The second-order valence-electron chi connectivity index (χ2n) is 4.41. The van der Waals surface area contributed by atoms with Gasteiger partial charge in [0.1, 0.15) is 11.6 Å². The topological polar surface area (TPSA) is 108 Å². The van der Waals surface area contributed by atoms with Gasteiger partial charge in [-0.3, -0.25) is 0 Å². The van der Waals surface area contributed by atoms with Crippen LogP contribution in [0, 0.1) is 5.82 Å². The van der Waals surface area contributed by atoms with Gasteiger partial charge in [-0.05, 0) is 19.1 Å². The number of aliphatic carboxylic acids is 1. The van der Waals surface area contributed by atoms with Crippen molar-refractivity contribution in [1.29, 1.82) is 0 Å². The quantitative estimate of drug-likeness (QED) is 0.633. The van der Waals surface area contributed by atoms with Gasteiger partial charge in [0.05, 0.1) is 12.2 Å². The standard InChI is InChI=1S/C12H13F3N2O5/c1-12(21,9(18)19)5-16-11(20)17-7-4-6(13)2-3-8(7)22-10(14)15/h2-4,10,21H,5H2,1H3,(H,18,19)(H2,16,17,20). The van der Waals surface area contributed by atoms with E-state index in [2.05, 4.69) is 4.74 Å². The Morgan fingerprint density at radius 1 is 1.41 bits per heavy atom. The van der Waals surface area contributed by atoms with E-state index >= 15 is 0 Å². The third-order valence-corrected chi connectivity index (χ3v) is 2.46. The summed E-state index contributed by atoms with van der Waals surface area (Å²) in [6, 6.07) is 1.46. The number of amides is 2. The van der Waals surface area contributed by atoms with Gasteiger partial charge in [-0.1, -0.05) is 0 Å². The van der Waals surface area contributed by atoms with Crippen molar-refractivity contribution >= 4 is 17.7 Å². The summed E-state index contributed by atoms with van der Waals surface area (Å²) < 4.78 is 41.6. The number of anilines is 1. The maximum Gasteiger partial charge on any atom is 0.387 e. The summed E-state index contributed by atoms with van der Waals surface area (Å²) in [6.07, 6.45) is 0. The number of carboxylic acids is 1. The molecule has 1 unspecified atom stereocenters. The summed E-state index contributed by atoms with van der Waals surface area (Å²) in [4.78, 5) is 22.2. The van der Waals surface area contributed by atoms with E-state index in [0.717, 1.165) is 25.1 Å². The molecule has 1 aromatic rings. The van der Waals surface area contributed by atoms with E-state index in [1.807, 2.05) is 10.6 Å². The van der Waals surface area contributed by atoms with Crippen molar-refractivity contribution in [2.45, 2.75) is 19.1 Å². The zero-order valence-corrected chi connectivity index (χ0v) is 11.3. The molecule has 0 radical (unpaired) electrons. The molecule has 0 saturated heterocycles. The molecule has 0 heterocycles. The van der Waals surface area contributed by atoms with Crippen molar-refractivity contribution in [3.63, 3.8) is 0 Å². The molecule has 1 atom stereocenters. The van der Waals surface area contributed by atoms with Crippen LogP contribution in [0.1, 0.15) is 6.92 Å². The first kappa shape index (κ1) is 17.6. The van der Waals surface area contributed by atoms with Crippen LogP contribution in [0.3, 0.4) is 0 Å². The second kappa shape index (κ2) is 6.98. The van der Waals surface area contributed by atoms with Crippen LogP contribution in [-0.4, -0.2) is 41.0 Å². The fourth-order valence-electron chi connectivity index (χ4n) is 1.29. The number of aliphatic hydroxyl groups is 1. The molecule has 0 bridgehead atoms. The Morgan fingerprint density at radius 2 is 2.05 bits per heavy atom. The zero-order valence-electron chi connectivity index (χ0n) is 11.3. The van der Waals surface area contributed by atoms with E-state index in [1.54, 1.807) is 0 Å². The fourth-order valence-corrected chi connectivity index (χ4v) is 1.29. The highest BCUT2D eigenvalue weighted by molar-refractivity contribution is 5.91. The molecule has 122 valence electrons. The van der Waals surface area contributed by atoms with Crippen LogP contribution in [0.2, 0.25) is 0 Å². The lowest BCUT2D eigenvalue weighted by molar-refractivity contribution is -0.155. The minimum atomic E-state index is -3.18. The van der Waals surface area contributed by atoms with Crippen molar-refractivity contribution in [1.82, 2.24) is 5.32 Å². The van der Waals surface area contributed by atoms with Crippen LogP contribution in [-0.2, 0) is 4.79 Å². The second-order valence-corrected chi connectivity index (χ2v) is 4.41. The molecule has 0 spiro atoms.